The minimum absolute atomic E-state index is 0.0537. The summed E-state index contributed by atoms with van der Waals surface area (Å²) in [4.78, 5) is 14.2. The molecule has 5 nitrogen and oxygen atoms in total. The van der Waals surface area contributed by atoms with Gasteiger partial charge in [0.25, 0.3) is 0 Å². The second-order valence-corrected chi connectivity index (χ2v) is 2.25. The van der Waals surface area contributed by atoms with E-state index in [4.69, 9.17) is 14.3 Å². The lowest BCUT2D eigenvalue weighted by Gasteiger charge is -1.88. The third kappa shape index (κ3) is 1.62. The van der Waals surface area contributed by atoms with Crippen LogP contribution in [0.15, 0.2) is 4.42 Å². The van der Waals surface area contributed by atoms with Crippen molar-refractivity contribution in [1.29, 1.82) is 0 Å². The highest BCUT2D eigenvalue weighted by molar-refractivity contribution is 5.86. The van der Waals surface area contributed by atoms with Crippen LogP contribution in [0.1, 0.15) is 22.1 Å². The number of aryl methyl sites for hydroxylation is 1. The largest absolute Gasteiger partial charge is 0.476 e. The molecule has 0 aromatic carbocycles. The molecule has 0 spiro atoms. The topological polar surface area (TPSA) is 72.6 Å². The van der Waals surface area contributed by atoms with Gasteiger partial charge in [-0.25, -0.2) is 9.78 Å². The molecule has 0 bridgehead atoms. The summed E-state index contributed by atoms with van der Waals surface area (Å²) >= 11 is 0. The van der Waals surface area contributed by atoms with E-state index in [-0.39, 0.29) is 18.2 Å². The summed E-state index contributed by atoms with van der Waals surface area (Å²) in [5, 5.41) is 8.58. The number of carboxylic acid groups (broad SMARTS) is 1. The Hall–Kier alpha value is -1.36. The number of hydrogen-bond donors (Lipinski definition) is 1. The number of oxazole rings is 1. The Balaban J connectivity index is 2.92. The fourth-order valence-electron chi connectivity index (χ4n) is 0.835. The number of aromatic nitrogens is 1. The Morgan fingerprint density at radius 3 is 2.83 bits per heavy atom. The number of nitrogens with zero attached hydrogens (tertiary/aromatic N) is 1. The molecule has 0 amide bonds. The van der Waals surface area contributed by atoms with Gasteiger partial charge in [-0.1, -0.05) is 0 Å². The number of hydrogen-bond acceptors (Lipinski definition) is 4. The number of carbonyl (C=O) groups is 1. The molecule has 0 atom stereocenters. The molecule has 12 heavy (non-hydrogen) atoms. The third-order valence-electron chi connectivity index (χ3n) is 1.31. The fraction of sp³-hybridized carbons (Fsp3) is 0.429. The van der Waals surface area contributed by atoms with Crippen LogP contribution < -0.4 is 0 Å². The molecule has 0 radical (unpaired) electrons. The Bertz CT molecular complexity index is 292. The lowest BCUT2D eigenvalue weighted by molar-refractivity contribution is 0.0689. The zero-order valence-electron chi connectivity index (χ0n) is 6.83. The van der Waals surface area contributed by atoms with E-state index in [1.54, 1.807) is 6.92 Å². The fourth-order valence-corrected chi connectivity index (χ4v) is 0.835. The van der Waals surface area contributed by atoms with E-state index in [2.05, 4.69) is 4.98 Å². The van der Waals surface area contributed by atoms with Crippen LogP contribution in [0.3, 0.4) is 0 Å². The molecule has 1 N–H and O–H groups in total. The van der Waals surface area contributed by atoms with E-state index < -0.39 is 5.97 Å². The van der Waals surface area contributed by atoms with Gasteiger partial charge in [0.15, 0.2) is 5.69 Å². The predicted octanol–water partition coefficient (Wildman–Crippen LogP) is 0.828. The standard InChI is InChI=1S/C7H9NO4/c1-4-6(7(9)10)8-5(12-4)3-11-2/h3H2,1-2H3,(H,9,10). The predicted molar refractivity (Wildman–Crippen MR) is 38.9 cm³/mol. The zero-order valence-corrected chi connectivity index (χ0v) is 6.83. The molecule has 1 aromatic rings. The normalized spacial score (nSPS) is 10.2. The highest BCUT2D eigenvalue weighted by atomic mass is 16.5. The Morgan fingerprint density at radius 1 is 1.75 bits per heavy atom. The molecule has 0 unspecified atom stereocenters. The van der Waals surface area contributed by atoms with Crippen LogP contribution in [0.5, 0.6) is 0 Å². The summed E-state index contributed by atoms with van der Waals surface area (Å²) < 4.78 is 9.73. The summed E-state index contributed by atoms with van der Waals surface area (Å²) in [5.74, 6) is -0.499. The smallest absolute Gasteiger partial charge is 0.358 e. The van der Waals surface area contributed by atoms with Crippen molar-refractivity contribution < 1.29 is 19.1 Å². The molecule has 5 heteroatoms. The lowest BCUT2D eigenvalue weighted by atomic mass is 10.4. The molecule has 1 heterocycles. The van der Waals surface area contributed by atoms with E-state index in [1.807, 2.05) is 0 Å². The third-order valence-corrected chi connectivity index (χ3v) is 1.31. The molecule has 0 aliphatic carbocycles. The van der Waals surface area contributed by atoms with Crippen molar-refractivity contribution in [2.24, 2.45) is 0 Å². The van der Waals surface area contributed by atoms with Crippen molar-refractivity contribution >= 4 is 5.97 Å². The molecule has 66 valence electrons. The first-order chi connectivity index (χ1) is 5.65. The molecular formula is C7H9NO4. The quantitative estimate of drug-likeness (QED) is 0.729. The average Bonchev–Trinajstić information content (AvgIpc) is 2.32. The summed E-state index contributed by atoms with van der Waals surface area (Å²) in [6, 6.07) is 0. The van der Waals surface area contributed by atoms with Gasteiger partial charge in [-0.3, -0.25) is 0 Å². The number of rotatable bonds is 3. The van der Waals surface area contributed by atoms with Crippen molar-refractivity contribution in [2.75, 3.05) is 7.11 Å². The van der Waals surface area contributed by atoms with Gasteiger partial charge < -0.3 is 14.3 Å². The van der Waals surface area contributed by atoms with Gasteiger partial charge in [0, 0.05) is 7.11 Å². The Labute approximate surface area is 69.0 Å². The van der Waals surface area contributed by atoms with E-state index in [0.717, 1.165) is 0 Å². The molecular weight excluding hydrogens is 162 g/mol. The van der Waals surface area contributed by atoms with Crippen molar-refractivity contribution in [3.8, 4) is 0 Å². The highest BCUT2D eigenvalue weighted by Crippen LogP contribution is 2.09. The SMILES string of the molecule is COCc1nc(C(=O)O)c(C)o1. The molecule has 0 saturated heterocycles. The zero-order chi connectivity index (χ0) is 9.14. The Morgan fingerprint density at radius 2 is 2.42 bits per heavy atom. The first-order valence-electron chi connectivity index (χ1n) is 3.33. The minimum Gasteiger partial charge on any atom is -0.476 e. The average molecular weight is 171 g/mol. The molecule has 0 aliphatic rings. The lowest BCUT2D eigenvalue weighted by Crippen LogP contribution is -1.99. The summed E-state index contributed by atoms with van der Waals surface area (Å²) in [6.07, 6.45) is 0. The van der Waals surface area contributed by atoms with Gasteiger partial charge >= 0.3 is 5.97 Å². The van der Waals surface area contributed by atoms with E-state index in [1.165, 1.54) is 7.11 Å². The van der Waals surface area contributed by atoms with Crippen LogP contribution in [-0.2, 0) is 11.3 Å². The molecule has 0 aliphatic heterocycles. The van der Waals surface area contributed by atoms with Crippen LogP contribution in [0.4, 0.5) is 0 Å². The molecule has 0 saturated carbocycles. The van der Waals surface area contributed by atoms with E-state index >= 15 is 0 Å². The van der Waals surface area contributed by atoms with Crippen molar-refractivity contribution in [3.63, 3.8) is 0 Å². The van der Waals surface area contributed by atoms with Gasteiger partial charge in [0.1, 0.15) is 12.4 Å². The second kappa shape index (κ2) is 3.36. The van der Waals surface area contributed by atoms with Gasteiger partial charge in [-0.2, -0.15) is 0 Å². The first kappa shape index (κ1) is 8.73. The van der Waals surface area contributed by atoms with Crippen LogP contribution in [0.25, 0.3) is 0 Å². The highest BCUT2D eigenvalue weighted by Gasteiger charge is 2.15. The number of carboxylic acids is 1. The maximum Gasteiger partial charge on any atom is 0.358 e. The maximum atomic E-state index is 10.5. The Kier molecular flexibility index (Phi) is 2.44. The summed E-state index contributed by atoms with van der Waals surface area (Å²) in [7, 11) is 1.49. The van der Waals surface area contributed by atoms with Crippen LogP contribution in [0.2, 0.25) is 0 Å². The van der Waals surface area contributed by atoms with Gasteiger partial charge in [-0.15, -0.1) is 0 Å². The van der Waals surface area contributed by atoms with Crippen LogP contribution in [-0.4, -0.2) is 23.2 Å². The molecule has 0 fully saturated rings. The van der Waals surface area contributed by atoms with Gasteiger partial charge in [0.05, 0.1) is 0 Å². The number of methoxy groups -OCH3 is 1. The number of aromatic carboxylic acids is 1. The monoisotopic (exact) mass is 171 g/mol. The van der Waals surface area contributed by atoms with E-state index in [9.17, 15) is 4.79 Å². The van der Waals surface area contributed by atoms with Crippen LogP contribution in [0, 0.1) is 6.92 Å². The first-order valence-corrected chi connectivity index (χ1v) is 3.33. The number of ether oxygens (including phenoxy) is 1. The second-order valence-electron chi connectivity index (χ2n) is 2.25. The van der Waals surface area contributed by atoms with Crippen molar-refractivity contribution in [3.05, 3.63) is 17.3 Å². The van der Waals surface area contributed by atoms with Crippen LogP contribution >= 0.6 is 0 Å². The maximum absolute atomic E-state index is 10.5. The molecule has 1 rings (SSSR count). The summed E-state index contributed by atoms with van der Waals surface area (Å²) in [5.41, 5.74) is -0.0537. The van der Waals surface area contributed by atoms with E-state index in [0.29, 0.717) is 5.76 Å². The van der Waals surface area contributed by atoms with Crippen molar-refractivity contribution in [2.45, 2.75) is 13.5 Å². The van der Waals surface area contributed by atoms with Crippen molar-refractivity contribution in [1.82, 2.24) is 4.98 Å². The van der Waals surface area contributed by atoms with Gasteiger partial charge in [-0.05, 0) is 6.92 Å². The summed E-state index contributed by atoms with van der Waals surface area (Å²) in [6.45, 7) is 1.74. The molecule has 1 aromatic heterocycles. The minimum atomic E-state index is -1.08. The van der Waals surface area contributed by atoms with Gasteiger partial charge in [0.2, 0.25) is 5.89 Å².